The van der Waals surface area contributed by atoms with Gasteiger partial charge in [-0.2, -0.15) is 0 Å². The normalized spacial score (nSPS) is 20.3. The minimum Gasteiger partial charge on any atom is -0.340 e. The number of rotatable bonds is 5. The van der Waals surface area contributed by atoms with Crippen molar-refractivity contribution in [3.05, 3.63) is 71.3 Å². The molecule has 1 aliphatic rings. The third kappa shape index (κ3) is 4.19. The second-order valence-corrected chi connectivity index (χ2v) is 7.44. The van der Waals surface area contributed by atoms with Crippen LogP contribution in [0, 0.1) is 6.92 Å². The van der Waals surface area contributed by atoms with Crippen LogP contribution in [0.4, 0.5) is 0 Å². The molecule has 2 N–H and O–H groups in total. The van der Waals surface area contributed by atoms with Crippen molar-refractivity contribution < 1.29 is 4.79 Å². The van der Waals surface area contributed by atoms with Gasteiger partial charge in [0.1, 0.15) is 0 Å². The summed E-state index contributed by atoms with van der Waals surface area (Å²) in [6, 6.07) is 18.8. The van der Waals surface area contributed by atoms with Crippen LogP contribution >= 0.6 is 11.8 Å². The van der Waals surface area contributed by atoms with Crippen LogP contribution in [0.1, 0.15) is 22.6 Å². The van der Waals surface area contributed by atoms with E-state index in [9.17, 15) is 4.79 Å². The number of amides is 1. The Hall–Kier alpha value is -1.78. The Morgan fingerprint density at radius 1 is 1.12 bits per heavy atom. The molecule has 0 radical (unpaired) electrons. The third-order valence-electron chi connectivity index (χ3n) is 4.56. The van der Waals surface area contributed by atoms with E-state index in [1.165, 1.54) is 16.7 Å². The maximum atomic E-state index is 12.5. The molecule has 3 rings (SSSR count). The summed E-state index contributed by atoms with van der Waals surface area (Å²) in [5, 5.41) is 0. The molecule has 1 amide bonds. The Labute approximate surface area is 148 Å². The lowest BCUT2D eigenvalue weighted by molar-refractivity contribution is -0.127. The molecule has 1 heterocycles. The first-order valence-electron chi connectivity index (χ1n) is 8.35. The van der Waals surface area contributed by atoms with Crippen molar-refractivity contribution in [2.24, 2.45) is 5.73 Å². The minimum absolute atomic E-state index is 0.0263. The summed E-state index contributed by atoms with van der Waals surface area (Å²) in [5.41, 5.74) is 10.0. The number of likely N-dealkylation sites (tertiary alicyclic amines) is 1. The van der Waals surface area contributed by atoms with E-state index in [0.717, 1.165) is 12.3 Å². The second-order valence-electron chi connectivity index (χ2n) is 6.46. The van der Waals surface area contributed by atoms with Crippen molar-refractivity contribution in [2.75, 3.05) is 18.8 Å². The number of nitrogens with two attached hydrogens (primary N) is 1. The molecule has 0 saturated carbocycles. The number of hydrogen-bond acceptors (Lipinski definition) is 3. The van der Waals surface area contributed by atoms with Gasteiger partial charge >= 0.3 is 0 Å². The first-order chi connectivity index (χ1) is 11.6. The zero-order valence-electron chi connectivity index (χ0n) is 14.0. The Morgan fingerprint density at radius 2 is 1.83 bits per heavy atom. The van der Waals surface area contributed by atoms with E-state index < -0.39 is 0 Å². The molecular formula is C20H24N2OS. The highest BCUT2D eigenvalue weighted by Crippen LogP contribution is 2.27. The van der Waals surface area contributed by atoms with Gasteiger partial charge in [0.25, 0.3) is 0 Å². The summed E-state index contributed by atoms with van der Waals surface area (Å²) in [6.07, 6.45) is 0. The SMILES string of the molecule is Cc1ccc(CSCC(=O)N2C[C@@H](N)[C@H](c3ccccc3)C2)cc1. The molecule has 0 aliphatic carbocycles. The van der Waals surface area contributed by atoms with Crippen molar-refractivity contribution in [1.29, 1.82) is 0 Å². The van der Waals surface area contributed by atoms with Crippen molar-refractivity contribution in [3.63, 3.8) is 0 Å². The molecule has 24 heavy (non-hydrogen) atoms. The van der Waals surface area contributed by atoms with E-state index in [2.05, 4.69) is 43.3 Å². The second kappa shape index (κ2) is 7.86. The first-order valence-corrected chi connectivity index (χ1v) is 9.50. The van der Waals surface area contributed by atoms with Gasteiger partial charge in [0.15, 0.2) is 0 Å². The standard InChI is InChI=1S/C20H24N2OS/c1-15-7-9-16(10-8-15)13-24-14-20(23)22-11-18(19(21)12-22)17-5-3-2-4-6-17/h2-10,18-19H,11-14,21H2,1H3/t18-,19+/m0/s1. The van der Waals surface area contributed by atoms with Crippen molar-refractivity contribution in [1.82, 2.24) is 4.90 Å². The lowest BCUT2D eigenvalue weighted by Crippen LogP contribution is -2.33. The number of carbonyl (C=O) groups is 1. The van der Waals surface area contributed by atoms with E-state index >= 15 is 0 Å². The zero-order chi connectivity index (χ0) is 16.9. The van der Waals surface area contributed by atoms with Gasteiger partial charge < -0.3 is 10.6 Å². The molecule has 1 aliphatic heterocycles. The Kier molecular flexibility index (Phi) is 5.59. The Bertz CT molecular complexity index is 672. The smallest absolute Gasteiger partial charge is 0.232 e. The number of benzene rings is 2. The van der Waals surface area contributed by atoms with E-state index in [0.29, 0.717) is 12.3 Å². The predicted molar refractivity (Wildman–Crippen MR) is 101 cm³/mol. The Balaban J connectivity index is 1.50. The maximum absolute atomic E-state index is 12.5. The minimum atomic E-state index is 0.0263. The average Bonchev–Trinajstić information content (AvgIpc) is 2.99. The van der Waals surface area contributed by atoms with Crippen LogP contribution in [0.15, 0.2) is 54.6 Å². The number of hydrogen-bond donors (Lipinski definition) is 1. The molecule has 3 nitrogen and oxygen atoms in total. The molecule has 4 heteroatoms. The van der Waals surface area contributed by atoms with Gasteiger partial charge in [0, 0.05) is 30.8 Å². The summed E-state index contributed by atoms with van der Waals surface area (Å²) in [7, 11) is 0. The van der Waals surface area contributed by atoms with Gasteiger partial charge in [0.05, 0.1) is 5.75 Å². The molecule has 0 spiro atoms. The van der Waals surface area contributed by atoms with Crippen LogP contribution in [0.25, 0.3) is 0 Å². The summed E-state index contributed by atoms with van der Waals surface area (Å²) in [6.45, 7) is 3.47. The largest absolute Gasteiger partial charge is 0.340 e. The highest BCUT2D eigenvalue weighted by molar-refractivity contribution is 7.99. The highest BCUT2D eigenvalue weighted by Gasteiger charge is 2.33. The lowest BCUT2D eigenvalue weighted by Gasteiger charge is -2.16. The molecule has 1 saturated heterocycles. The van der Waals surface area contributed by atoms with E-state index in [4.69, 9.17) is 5.73 Å². The third-order valence-corrected chi connectivity index (χ3v) is 5.55. The fourth-order valence-electron chi connectivity index (χ4n) is 3.12. The molecule has 0 bridgehead atoms. The number of nitrogens with zero attached hydrogens (tertiary/aromatic N) is 1. The summed E-state index contributed by atoms with van der Waals surface area (Å²) < 4.78 is 0. The molecular weight excluding hydrogens is 316 g/mol. The fraction of sp³-hybridized carbons (Fsp3) is 0.350. The zero-order valence-corrected chi connectivity index (χ0v) is 14.8. The van der Waals surface area contributed by atoms with Crippen LogP contribution in [0.3, 0.4) is 0 Å². The Morgan fingerprint density at radius 3 is 2.54 bits per heavy atom. The van der Waals surface area contributed by atoms with Gasteiger partial charge in [-0.05, 0) is 18.1 Å². The van der Waals surface area contributed by atoms with E-state index in [1.54, 1.807) is 11.8 Å². The van der Waals surface area contributed by atoms with Crippen LogP contribution < -0.4 is 5.73 Å². The average molecular weight is 340 g/mol. The van der Waals surface area contributed by atoms with Gasteiger partial charge in [-0.25, -0.2) is 0 Å². The van der Waals surface area contributed by atoms with Crippen molar-refractivity contribution in [2.45, 2.75) is 24.6 Å². The van der Waals surface area contributed by atoms with Crippen LogP contribution in [0.5, 0.6) is 0 Å². The number of thioether (sulfide) groups is 1. The molecule has 1 fully saturated rings. The molecule has 2 aromatic carbocycles. The fourth-order valence-corrected chi connectivity index (χ4v) is 4.00. The summed E-state index contributed by atoms with van der Waals surface area (Å²) in [5.74, 6) is 1.83. The monoisotopic (exact) mass is 340 g/mol. The van der Waals surface area contributed by atoms with Gasteiger partial charge in [0.2, 0.25) is 5.91 Å². The summed E-state index contributed by atoms with van der Waals surface area (Å²) >= 11 is 1.67. The topological polar surface area (TPSA) is 46.3 Å². The van der Waals surface area contributed by atoms with Crippen LogP contribution in [0.2, 0.25) is 0 Å². The quantitative estimate of drug-likeness (QED) is 0.909. The molecule has 0 aromatic heterocycles. The summed E-state index contributed by atoms with van der Waals surface area (Å²) in [4.78, 5) is 14.4. The highest BCUT2D eigenvalue weighted by atomic mass is 32.2. The van der Waals surface area contributed by atoms with Crippen molar-refractivity contribution >= 4 is 17.7 Å². The van der Waals surface area contributed by atoms with E-state index in [-0.39, 0.29) is 17.9 Å². The van der Waals surface area contributed by atoms with Crippen LogP contribution in [-0.4, -0.2) is 35.7 Å². The van der Waals surface area contributed by atoms with Gasteiger partial charge in [-0.1, -0.05) is 60.2 Å². The lowest BCUT2D eigenvalue weighted by atomic mass is 9.95. The number of carbonyl (C=O) groups excluding carboxylic acids is 1. The molecule has 2 atom stereocenters. The molecule has 2 aromatic rings. The van der Waals surface area contributed by atoms with Crippen molar-refractivity contribution in [3.8, 4) is 0 Å². The van der Waals surface area contributed by atoms with E-state index in [1.807, 2.05) is 23.1 Å². The van der Waals surface area contributed by atoms with Crippen LogP contribution in [-0.2, 0) is 10.5 Å². The predicted octanol–water partition coefficient (Wildman–Crippen LogP) is 3.18. The maximum Gasteiger partial charge on any atom is 0.232 e. The molecule has 0 unspecified atom stereocenters. The molecule has 126 valence electrons. The first kappa shape index (κ1) is 17.1. The van der Waals surface area contributed by atoms with Gasteiger partial charge in [-0.3, -0.25) is 4.79 Å². The van der Waals surface area contributed by atoms with Gasteiger partial charge in [-0.15, -0.1) is 11.8 Å². The number of aryl methyl sites for hydroxylation is 1.